The maximum absolute atomic E-state index is 13.0. The van der Waals surface area contributed by atoms with Crippen molar-refractivity contribution in [2.75, 3.05) is 25.5 Å². The van der Waals surface area contributed by atoms with Crippen molar-refractivity contribution in [3.8, 4) is 11.5 Å². The van der Waals surface area contributed by atoms with Crippen LogP contribution in [-0.2, 0) is 21.4 Å². The van der Waals surface area contributed by atoms with Crippen molar-refractivity contribution in [2.45, 2.75) is 11.9 Å². The number of methoxy groups -OCH3 is 2. The maximum atomic E-state index is 13.0. The number of sulfonamides is 1. The van der Waals surface area contributed by atoms with Crippen molar-refractivity contribution in [3.63, 3.8) is 0 Å². The van der Waals surface area contributed by atoms with Crippen LogP contribution in [0.4, 0.5) is 10.1 Å². The lowest BCUT2D eigenvalue weighted by atomic mass is 10.1. The topological polar surface area (TPSA) is 118 Å². The van der Waals surface area contributed by atoms with Gasteiger partial charge in [0.05, 0.1) is 20.1 Å². The van der Waals surface area contributed by atoms with Gasteiger partial charge in [-0.1, -0.05) is 0 Å². The summed E-state index contributed by atoms with van der Waals surface area (Å²) in [5.74, 6) is -0.652. The van der Waals surface area contributed by atoms with Crippen LogP contribution in [0, 0.1) is 11.7 Å². The second-order valence-electron chi connectivity index (χ2n) is 6.60. The van der Waals surface area contributed by atoms with Crippen molar-refractivity contribution in [3.05, 3.63) is 53.8 Å². The molecule has 0 aromatic heterocycles. The number of nitrogens with one attached hydrogen (secondary N) is 4. The monoisotopic (exact) mass is 438 g/mol. The molecule has 1 amide bonds. The molecule has 30 heavy (non-hydrogen) atoms. The number of hydrazine groups is 1. The summed E-state index contributed by atoms with van der Waals surface area (Å²) in [6.45, 7) is 0.279. The Morgan fingerprint density at radius 1 is 1.17 bits per heavy atom. The lowest BCUT2D eigenvalue weighted by Crippen LogP contribution is -2.46. The summed E-state index contributed by atoms with van der Waals surface area (Å²) in [5, 5.41) is 1.54. The number of ether oxygens (including phenoxy) is 2. The fourth-order valence-corrected chi connectivity index (χ4v) is 4.54. The Hall–Kier alpha value is -2.89. The molecule has 2 aromatic rings. The smallest absolute Gasteiger partial charge is 0.250 e. The van der Waals surface area contributed by atoms with Crippen LogP contribution < -0.4 is 30.4 Å². The molecule has 0 aliphatic carbocycles. The van der Waals surface area contributed by atoms with Crippen LogP contribution in [0.3, 0.4) is 0 Å². The van der Waals surface area contributed by atoms with E-state index in [0.29, 0.717) is 11.5 Å². The zero-order valence-corrected chi connectivity index (χ0v) is 17.3. The third-order valence-corrected chi connectivity index (χ3v) is 6.29. The second kappa shape index (κ2) is 9.28. The molecule has 1 aliphatic rings. The van der Waals surface area contributed by atoms with Gasteiger partial charge in [0.15, 0.2) is 5.37 Å². The molecular formula is C19H23FN4O5S. The van der Waals surface area contributed by atoms with Gasteiger partial charge in [0.2, 0.25) is 5.91 Å². The number of rotatable bonds is 8. The molecule has 1 fully saturated rings. The number of halogens is 1. The Morgan fingerprint density at radius 2 is 1.90 bits per heavy atom. The molecule has 0 bridgehead atoms. The van der Waals surface area contributed by atoms with E-state index in [1.165, 1.54) is 26.4 Å². The van der Waals surface area contributed by atoms with E-state index < -0.39 is 33.0 Å². The van der Waals surface area contributed by atoms with E-state index in [4.69, 9.17) is 9.47 Å². The number of amides is 1. The Morgan fingerprint density at radius 3 is 2.57 bits per heavy atom. The predicted molar refractivity (Wildman–Crippen MR) is 109 cm³/mol. The van der Waals surface area contributed by atoms with Gasteiger partial charge in [-0.05, 0) is 36.4 Å². The number of anilines is 1. The second-order valence-corrected chi connectivity index (χ2v) is 8.40. The first-order valence-corrected chi connectivity index (χ1v) is 10.6. The molecule has 0 radical (unpaired) electrons. The first kappa shape index (κ1) is 21.8. The molecule has 11 heteroatoms. The molecular weight excluding hydrogens is 415 g/mol. The summed E-state index contributed by atoms with van der Waals surface area (Å²) < 4.78 is 51.3. The van der Waals surface area contributed by atoms with Crippen molar-refractivity contribution in [2.24, 2.45) is 5.92 Å². The molecule has 1 aliphatic heterocycles. The van der Waals surface area contributed by atoms with Gasteiger partial charge in [-0.25, -0.2) is 18.2 Å². The van der Waals surface area contributed by atoms with Crippen molar-refractivity contribution in [1.29, 1.82) is 0 Å². The summed E-state index contributed by atoms with van der Waals surface area (Å²) in [6, 6.07) is 10.1. The standard InChI is InChI=1S/C19H23FN4O5S/c1-28-15-8-3-12(17(9-15)29-2)10-21-18(25)16-11-22-23-19(16)30(26,27)24-14-6-4-13(20)5-7-14/h3-9,16,19,22-24H,10-11H2,1-2H3,(H,21,25). The fraction of sp³-hybridized carbons (Fsp3) is 0.316. The van der Waals surface area contributed by atoms with E-state index in [1.54, 1.807) is 18.2 Å². The van der Waals surface area contributed by atoms with Gasteiger partial charge in [0.1, 0.15) is 17.3 Å². The minimum atomic E-state index is -3.97. The maximum Gasteiger partial charge on any atom is 0.250 e. The van der Waals surface area contributed by atoms with E-state index in [1.807, 2.05) is 0 Å². The number of carbonyl (C=O) groups excluding carboxylic acids is 1. The molecule has 1 heterocycles. The van der Waals surface area contributed by atoms with Crippen LogP contribution in [0.1, 0.15) is 5.56 Å². The Labute approximate surface area is 174 Å². The van der Waals surface area contributed by atoms with E-state index in [9.17, 15) is 17.6 Å². The van der Waals surface area contributed by atoms with Crippen LogP contribution in [0.2, 0.25) is 0 Å². The van der Waals surface area contributed by atoms with Gasteiger partial charge in [-0.2, -0.15) is 0 Å². The Kier molecular flexibility index (Phi) is 6.75. The molecule has 0 spiro atoms. The summed E-state index contributed by atoms with van der Waals surface area (Å²) in [5.41, 5.74) is 6.25. The molecule has 3 rings (SSSR count). The molecule has 4 N–H and O–H groups in total. The fourth-order valence-electron chi connectivity index (χ4n) is 3.06. The van der Waals surface area contributed by atoms with Crippen LogP contribution in [-0.4, -0.2) is 40.5 Å². The molecule has 2 atom stereocenters. The number of hydrogen-bond donors (Lipinski definition) is 4. The van der Waals surface area contributed by atoms with Crippen LogP contribution >= 0.6 is 0 Å². The highest BCUT2D eigenvalue weighted by Gasteiger charge is 2.41. The quantitative estimate of drug-likeness (QED) is 0.485. The predicted octanol–water partition coefficient (Wildman–Crippen LogP) is 0.951. The Bertz CT molecular complexity index is 1000. The highest BCUT2D eigenvalue weighted by atomic mass is 32.2. The van der Waals surface area contributed by atoms with Crippen LogP contribution in [0.15, 0.2) is 42.5 Å². The molecule has 162 valence electrons. The Balaban J connectivity index is 1.67. The number of hydrogen-bond acceptors (Lipinski definition) is 7. The molecule has 2 unspecified atom stereocenters. The zero-order chi connectivity index (χ0) is 21.7. The van der Waals surface area contributed by atoms with Crippen LogP contribution in [0.5, 0.6) is 11.5 Å². The van der Waals surface area contributed by atoms with E-state index >= 15 is 0 Å². The third-order valence-electron chi connectivity index (χ3n) is 4.65. The highest BCUT2D eigenvalue weighted by Crippen LogP contribution is 2.25. The minimum Gasteiger partial charge on any atom is -0.497 e. The highest BCUT2D eigenvalue weighted by molar-refractivity contribution is 7.93. The van der Waals surface area contributed by atoms with E-state index in [2.05, 4.69) is 20.9 Å². The average molecular weight is 438 g/mol. The van der Waals surface area contributed by atoms with Gasteiger partial charge < -0.3 is 14.8 Å². The zero-order valence-electron chi connectivity index (χ0n) is 16.4. The molecule has 9 nitrogen and oxygen atoms in total. The first-order valence-electron chi connectivity index (χ1n) is 9.08. The first-order chi connectivity index (χ1) is 14.3. The lowest BCUT2D eigenvalue weighted by molar-refractivity contribution is -0.124. The minimum absolute atomic E-state index is 0.126. The molecule has 0 saturated carbocycles. The van der Waals surface area contributed by atoms with Gasteiger partial charge in [-0.3, -0.25) is 14.9 Å². The number of benzene rings is 2. The van der Waals surface area contributed by atoms with E-state index in [0.717, 1.165) is 17.7 Å². The molecule has 1 saturated heterocycles. The number of carbonyl (C=O) groups is 1. The molecule has 2 aromatic carbocycles. The van der Waals surface area contributed by atoms with Gasteiger partial charge in [-0.15, -0.1) is 0 Å². The SMILES string of the molecule is COc1ccc(CNC(=O)C2CNNC2S(=O)(=O)Nc2ccc(F)cc2)c(OC)c1. The van der Waals surface area contributed by atoms with Gasteiger partial charge in [0.25, 0.3) is 10.0 Å². The summed E-state index contributed by atoms with van der Waals surface area (Å²) in [7, 11) is -0.926. The van der Waals surface area contributed by atoms with E-state index in [-0.39, 0.29) is 18.8 Å². The summed E-state index contributed by atoms with van der Waals surface area (Å²) in [6.07, 6.45) is 0. The van der Waals surface area contributed by atoms with Gasteiger partial charge >= 0.3 is 0 Å². The summed E-state index contributed by atoms with van der Waals surface area (Å²) in [4.78, 5) is 12.7. The van der Waals surface area contributed by atoms with Gasteiger partial charge in [0, 0.05) is 30.4 Å². The largest absolute Gasteiger partial charge is 0.497 e. The van der Waals surface area contributed by atoms with Crippen LogP contribution in [0.25, 0.3) is 0 Å². The van der Waals surface area contributed by atoms with Crippen molar-refractivity contribution < 1.29 is 27.1 Å². The average Bonchev–Trinajstić information content (AvgIpc) is 3.24. The van der Waals surface area contributed by atoms with Crippen molar-refractivity contribution >= 4 is 21.6 Å². The lowest BCUT2D eigenvalue weighted by Gasteiger charge is -2.20. The third kappa shape index (κ3) is 4.99. The van der Waals surface area contributed by atoms with Crippen molar-refractivity contribution in [1.82, 2.24) is 16.2 Å². The summed E-state index contributed by atoms with van der Waals surface area (Å²) >= 11 is 0. The normalized spacial score (nSPS) is 18.6.